The van der Waals surface area contributed by atoms with Crippen molar-refractivity contribution >= 4 is 78.6 Å². The second kappa shape index (κ2) is 18.7. The standard InChI is InChI=1S/C52H67BrN4O3/c1-11-13-15-17-19-21-31-56-34(4)40-42-41-39(33(3)46(40)54-37-27-23-35(24-28-37)51(5,6)7)48(58)57(32-22-20-18-16-14-12-2)49(59)43(41)45(53)47(44(42)50(56)60)55-38-29-25-36(26-30-38)52(8,9)10/h23-30,54-55H,4,11-22,31-32H2,1-3,5-10H3. The van der Waals surface area contributed by atoms with Crippen LogP contribution in [0.15, 0.2) is 57.8 Å². The van der Waals surface area contributed by atoms with E-state index in [1.54, 1.807) is 0 Å². The summed E-state index contributed by atoms with van der Waals surface area (Å²) in [6, 6.07) is 16.7. The lowest BCUT2D eigenvalue weighted by Gasteiger charge is -2.32. The molecule has 5 aromatic rings. The summed E-state index contributed by atoms with van der Waals surface area (Å²) in [6.45, 7) is 25.0. The third-order valence-electron chi connectivity index (χ3n) is 12.4. The van der Waals surface area contributed by atoms with Gasteiger partial charge in [0.25, 0.3) is 17.4 Å². The lowest BCUT2D eigenvalue weighted by Crippen LogP contribution is -2.42. The Kier molecular flexibility index (Phi) is 14.0. The molecule has 0 aliphatic carbocycles. The molecule has 2 amide bonds. The highest BCUT2D eigenvalue weighted by atomic mass is 79.9. The molecule has 0 unspecified atom stereocenters. The molecule has 0 atom stereocenters. The Hall–Kier alpha value is -4.43. The molecule has 6 rings (SSSR count). The lowest BCUT2D eigenvalue weighted by molar-refractivity contribution is 0.0606. The monoisotopic (exact) mass is 874 g/mol. The second-order valence-electron chi connectivity index (χ2n) is 19.0. The van der Waals surface area contributed by atoms with Gasteiger partial charge in [-0.1, -0.05) is 150 Å². The Morgan fingerprint density at radius 1 is 0.567 bits per heavy atom. The Balaban J connectivity index is 1.63. The first-order chi connectivity index (χ1) is 28.5. The van der Waals surface area contributed by atoms with Gasteiger partial charge in [0.15, 0.2) is 0 Å². The number of aromatic nitrogens is 1. The van der Waals surface area contributed by atoms with Crippen LogP contribution in [-0.4, -0.2) is 27.8 Å². The van der Waals surface area contributed by atoms with E-state index in [4.69, 9.17) is 0 Å². The molecule has 320 valence electrons. The molecular formula is C52H67BrN4O3. The summed E-state index contributed by atoms with van der Waals surface area (Å²) < 4.78 is 2.31. The van der Waals surface area contributed by atoms with E-state index in [1.807, 2.05) is 23.6 Å². The number of imide groups is 1. The summed E-state index contributed by atoms with van der Waals surface area (Å²) >= 11 is 3.91. The van der Waals surface area contributed by atoms with Crippen LogP contribution in [0.1, 0.15) is 170 Å². The van der Waals surface area contributed by atoms with E-state index in [1.165, 1.54) is 41.7 Å². The summed E-state index contributed by atoms with van der Waals surface area (Å²) in [5.74, 6) is -0.665. The van der Waals surface area contributed by atoms with E-state index in [0.717, 1.165) is 79.4 Å². The van der Waals surface area contributed by atoms with E-state index < -0.39 is 0 Å². The van der Waals surface area contributed by atoms with Gasteiger partial charge in [-0.3, -0.25) is 19.3 Å². The minimum absolute atomic E-state index is 0.0210. The number of carbonyl (C=O) groups is 2. The maximum absolute atomic E-state index is 15.2. The van der Waals surface area contributed by atoms with Crippen LogP contribution < -0.4 is 21.5 Å². The number of amides is 2. The Bertz CT molecular complexity index is 2320. The average molecular weight is 876 g/mol. The molecule has 1 aliphatic heterocycles. The second-order valence-corrected chi connectivity index (χ2v) is 19.8. The van der Waals surface area contributed by atoms with Gasteiger partial charge >= 0.3 is 0 Å². The number of carbonyl (C=O) groups excluding carboxylic acids is 2. The summed E-state index contributed by atoms with van der Waals surface area (Å²) in [5.41, 5.74) is 6.64. The molecule has 0 radical (unpaired) electrons. The van der Waals surface area contributed by atoms with Crippen LogP contribution in [0.4, 0.5) is 22.7 Å². The van der Waals surface area contributed by atoms with Gasteiger partial charge in [-0.05, 0) is 87.5 Å². The van der Waals surface area contributed by atoms with Crippen molar-refractivity contribution in [2.45, 2.75) is 157 Å². The van der Waals surface area contributed by atoms with Crippen molar-refractivity contribution in [2.24, 2.45) is 0 Å². The van der Waals surface area contributed by atoms with E-state index in [9.17, 15) is 9.59 Å². The topological polar surface area (TPSA) is 83.4 Å². The largest absolute Gasteiger partial charge is 0.355 e. The summed E-state index contributed by atoms with van der Waals surface area (Å²) in [5, 5.41) is 10.2. The predicted octanol–water partition coefficient (Wildman–Crippen LogP) is 13.8. The Morgan fingerprint density at radius 3 is 1.52 bits per heavy atom. The van der Waals surface area contributed by atoms with Crippen LogP contribution in [0.5, 0.6) is 0 Å². The molecule has 0 bridgehead atoms. The number of rotatable bonds is 18. The van der Waals surface area contributed by atoms with Crippen molar-refractivity contribution in [3.63, 3.8) is 0 Å². The zero-order chi connectivity index (χ0) is 43.5. The van der Waals surface area contributed by atoms with E-state index in [0.29, 0.717) is 55.9 Å². The van der Waals surface area contributed by atoms with Crippen LogP contribution >= 0.6 is 15.9 Å². The molecular weight excluding hydrogens is 809 g/mol. The van der Waals surface area contributed by atoms with Gasteiger partial charge in [0, 0.05) is 46.0 Å². The average Bonchev–Trinajstić information content (AvgIpc) is 3.19. The number of halogens is 1. The first-order valence-corrected chi connectivity index (χ1v) is 23.3. The third kappa shape index (κ3) is 9.10. The smallest absolute Gasteiger partial charge is 0.262 e. The molecule has 1 aromatic heterocycles. The SMILES string of the molecule is C=c1c2c(Nc3ccc(C(C)(C)C)cc3)c(C)c3c4c(c(Br)c(Nc5ccc(C(C)(C)C)cc5)c(c(=O)n1CCCCCCCC)c42)C(=O)N(CCCCCCCC)C3=O. The molecule has 1 aliphatic rings. The van der Waals surface area contributed by atoms with Crippen LogP contribution in [0.25, 0.3) is 28.1 Å². The van der Waals surface area contributed by atoms with E-state index in [2.05, 4.69) is 125 Å². The zero-order valence-electron chi connectivity index (χ0n) is 37.7. The third-order valence-corrected chi connectivity index (χ3v) is 13.2. The highest BCUT2D eigenvalue weighted by molar-refractivity contribution is 9.10. The minimum Gasteiger partial charge on any atom is -0.355 e. The number of hydrogen-bond acceptors (Lipinski definition) is 5. The minimum atomic E-state index is -0.345. The molecule has 60 heavy (non-hydrogen) atoms. The van der Waals surface area contributed by atoms with E-state index in [-0.39, 0.29) is 28.2 Å². The van der Waals surface area contributed by atoms with Crippen molar-refractivity contribution in [2.75, 3.05) is 17.2 Å². The number of benzene rings is 4. The molecule has 2 N–H and O–H groups in total. The fraction of sp³-hybridized carbons (Fsp3) is 0.481. The van der Waals surface area contributed by atoms with Gasteiger partial charge in [-0.15, -0.1) is 0 Å². The van der Waals surface area contributed by atoms with Crippen molar-refractivity contribution in [1.82, 2.24) is 9.47 Å². The van der Waals surface area contributed by atoms with Crippen molar-refractivity contribution < 1.29 is 9.59 Å². The van der Waals surface area contributed by atoms with Gasteiger partial charge in [-0.2, -0.15) is 0 Å². The highest BCUT2D eigenvalue weighted by Crippen LogP contribution is 2.48. The van der Waals surface area contributed by atoms with Gasteiger partial charge in [0.05, 0.1) is 32.4 Å². The van der Waals surface area contributed by atoms with Crippen LogP contribution in [0.2, 0.25) is 0 Å². The number of hydrogen-bond donors (Lipinski definition) is 2. The van der Waals surface area contributed by atoms with Crippen LogP contribution in [0.3, 0.4) is 0 Å². The maximum Gasteiger partial charge on any atom is 0.262 e. The number of nitrogens with zero attached hydrogens (tertiary/aromatic N) is 2. The summed E-state index contributed by atoms with van der Waals surface area (Å²) in [6.07, 6.45) is 12.7. The van der Waals surface area contributed by atoms with Gasteiger partial charge in [0.2, 0.25) is 0 Å². The van der Waals surface area contributed by atoms with E-state index >= 15 is 4.79 Å². The van der Waals surface area contributed by atoms with Gasteiger partial charge in [0.1, 0.15) is 0 Å². The molecule has 0 saturated heterocycles. The Labute approximate surface area is 366 Å². The molecule has 0 fully saturated rings. The molecule has 7 nitrogen and oxygen atoms in total. The normalized spacial score (nSPS) is 13.3. The quantitative estimate of drug-likeness (QED) is 0.0677. The first-order valence-electron chi connectivity index (χ1n) is 22.5. The van der Waals surface area contributed by atoms with Crippen molar-refractivity contribution in [1.29, 1.82) is 0 Å². The van der Waals surface area contributed by atoms with Crippen LogP contribution in [0, 0.1) is 6.92 Å². The van der Waals surface area contributed by atoms with Crippen LogP contribution in [-0.2, 0) is 17.4 Å². The number of unbranched alkanes of at least 4 members (excludes halogenated alkanes) is 10. The van der Waals surface area contributed by atoms with Gasteiger partial charge in [-0.25, -0.2) is 0 Å². The van der Waals surface area contributed by atoms with Crippen molar-refractivity contribution in [3.8, 4) is 0 Å². The number of pyridine rings is 1. The number of anilines is 4. The lowest BCUT2D eigenvalue weighted by atomic mass is 9.84. The molecule has 0 spiro atoms. The maximum atomic E-state index is 15.2. The Morgan fingerprint density at radius 2 is 1.02 bits per heavy atom. The zero-order valence-corrected chi connectivity index (χ0v) is 39.3. The predicted molar refractivity (Wildman–Crippen MR) is 258 cm³/mol. The highest BCUT2D eigenvalue weighted by Gasteiger charge is 2.40. The summed E-state index contributed by atoms with van der Waals surface area (Å²) in [7, 11) is 0. The molecule has 8 heteroatoms. The first kappa shape index (κ1) is 45.1. The summed E-state index contributed by atoms with van der Waals surface area (Å²) in [4.78, 5) is 46.4. The fourth-order valence-electron chi connectivity index (χ4n) is 8.78. The fourth-order valence-corrected chi connectivity index (χ4v) is 9.44. The molecule has 0 saturated carbocycles. The van der Waals surface area contributed by atoms with Crippen molar-refractivity contribution in [3.05, 3.63) is 96.5 Å². The molecule has 2 heterocycles. The number of nitrogens with one attached hydrogen (secondary N) is 2. The molecule has 4 aromatic carbocycles. The van der Waals surface area contributed by atoms with Gasteiger partial charge < -0.3 is 15.2 Å².